The van der Waals surface area contributed by atoms with Crippen molar-refractivity contribution in [3.05, 3.63) is 158 Å². The van der Waals surface area contributed by atoms with Crippen LogP contribution < -0.4 is 0 Å². The van der Waals surface area contributed by atoms with Gasteiger partial charge in [-0.3, -0.25) is 0 Å². The first kappa shape index (κ1) is 48.0. The SMILES string of the molecule is CC.CC.CC.CC.CC.CC.O=S(=O)(c1ccccc1)c1ccccc1.c1ccc(-c2ccccc2)cc1.c1ccccc1. The molecule has 5 aromatic rings. The Kier molecular flexibility index (Phi) is 40.6. The summed E-state index contributed by atoms with van der Waals surface area (Å²) in [5.41, 5.74) is 2.55. The van der Waals surface area contributed by atoms with Crippen LogP contribution in [0.15, 0.2) is 168 Å². The monoisotopic (exact) mass is 630 g/mol. The number of hydrogen-bond acceptors (Lipinski definition) is 2. The Labute approximate surface area is 279 Å². The van der Waals surface area contributed by atoms with E-state index in [1.54, 1.807) is 60.7 Å². The summed E-state index contributed by atoms with van der Waals surface area (Å²) in [4.78, 5) is 0.660. The van der Waals surface area contributed by atoms with E-state index in [0.717, 1.165) is 0 Å². The minimum Gasteiger partial charge on any atom is -0.219 e. The summed E-state index contributed by atoms with van der Waals surface area (Å²) in [6.45, 7) is 24.0. The Balaban J connectivity index is -0.000000250. The van der Waals surface area contributed by atoms with Gasteiger partial charge in [0, 0.05) is 0 Å². The van der Waals surface area contributed by atoms with E-state index in [0.29, 0.717) is 9.79 Å². The van der Waals surface area contributed by atoms with E-state index in [4.69, 9.17) is 0 Å². The van der Waals surface area contributed by atoms with Gasteiger partial charge in [-0.25, -0.2) is 8.42 Å². The van der Waals surface area contributed by atoms with Gasteiger partial charge >= 0.3 is 0 Å². The van der Waals surface area contributed by atoms with Crippen LogP contribution in [0.25, 0.3) is 11.1 Å². The molecule has 0 spiro atoms. The first-order chi connectivity index (χ1) is 22.2. The van der Waals surface area contributed by atoms with Crippen LogP contribution >= 0.6 is 0 Å². The lowest BCUT2D eigenvalue weighted by Crippen LogP contribution is -2.00. The molecule has 0 atom stereocenters. The van der Waals surface area contributed by atoms with Crippen molar-refractivity contribution in [3.8, 4) is 11.1 Å². The fraction of sp³-hybridized carbons (Fsp3) is 0.286. The molecule has 0 unspecified atom stereocenters. The van der Waals surface area contributed by atoms with E-state index in [1.165, 1.54) is 11.1 Å². The van der Waals surface area contributed by atoms with Crippen LogP contribution in [0.4, 0.5) is 0 Å². The third-order valence-corrected chi connectivity index (χ3v) is 6.44. The fourth-order valence-electron chi connectivity index (χ4n) is 2.98. The highest BCUT2D eigenvalue weighted by Crippen LogP contribution is 2.19. The highest BCUT2D eigenvalue weighted by molar-refractivity contribution is 7.91. The van der Waals surface area contributed by atoms with Crippen molar-refractivity contribution in [2.45, 2.75) is 92.9 Å². The van der Waals surface area contributed by atoms with Crippen molar-refractivity contribution in [1.82, 2.24) is 0 Å². The number of hydrogen-bond donors (Lipinski definition) is 0. The van der Waals surface area contributed by atoms with E-state index in [2.05, 4.69) is 48.5 Å². The second-order valence-corrected chi connectivity index (χ2v) is 8.97. The molecule has 0 fully saturated rings. The van der Waals surface area contributed by atoms with Crippen molar-refractivity contribution in [2.24, 2.45) is 0 Å². The van der Waals surface area contributed by atoms with Gasteiger partial charge in [0.15, 0.2) is 0 Å². The van der Waals surface area contributed by atoms with Crippen LogP contribution in [0.3, 0.4) is 0 Å². The summed E-state index contributed by atoms with van der Waals surface area (Å²) in [5, 5.41) is 0. The summed E-state index contributed by atoms with van der Waals surface area (Å²) in [6.07, 6.45) is 0. The molecule has 2 nitrogen and oxygen atoms in total. The Bertz CT molecular complexity index is 1160. The van der Waals surface area contributed by atoms with Crippen LogP contribution in [0, 0.1) is 0 Å². The topological polar surface area (TPSA) is 34.1 Å². The van der Waals surface area contributed by atoms with E-state index in [-0.39, 0.29) is 0 Å². The molecule has 0 saturated carbocycles. The molecule has 0 aromatic heterocycles. The van der Waals surface area contributed by atoms with Gasteiger partial charge in [0.25, 0.3) is 0 Å². The third kappa shape index (κ3) is 23.1. The van der Waals surface area contributed by atoms with E-state index in [9.17, 15) is 8.42 Å². The average Bonchev–Trinajstić information content (AvgIpc) is 3.19. The lowest BCUT2D eigenvalue weighted by molar-refractivity contribution is 0.596. The lowest BCUT2D eigenvalue weighted by Gasteiger charge is -2.03. The quantitative estimate of drug-likeness (QED) is 0.199. The molecule has 0 aliphatic rings. The maximum Gasteiger partial charge on any atom is 0.206 e. The summed E-state index contributed by atoms with van der Waals surface area (Å²) in [6, 6.07) is 49.6. The van der Waals surface area contributed by atoms with Crippen LogP contribution in [0.2, 0.25) is 0 Å². The maximum absolute atomic E-state index is 12.0. The van der Waals surface area contributed by atoms with Crippen LogP contribution in [-0.4, -0.2) is 8.42 Å². The molecule has 5 rings (SSSR count). The van der Waals surface area contributed by atoms with Gasteiger partial charge in [-0.15, -0.1) is 0 Å². The zero-order valence-electron chi connectivity index (χ0n) is 30.2. The highest BCUT2D eigenvalue weighted by Gasteiger charge is 2.15. The van der Waals surface area contributed by atoms with Crippen LogP contribution in [-0.2, 0) is 9.84 Å². The maximum atomic E-state index is 12.0. The molecule has 0 N–H and O–H groups in total. The van der Waals surface area contributed by atoms with Gasteiger partial charge in [0.05, 0.1) is 9.79 Å². The highest BCUT2D eigenvalue weighted by atomic mass is 32.2. The molecule has 0 heterocycles. The minimum atomic E-state index is -3.34. The summed E-state index contributed by atoms with van der Waals surface area (Å²) < 4.78 is 24.1. The number of benzene rings is 5. The Morgan fingerprint density at radius 1 is 0.267 bits per heavy atom. The molecule has 0 radical (unpaired) electrons. The summed E-state index contributed by atoms with van der Waals surface area (Å²) in [7, 11) is -3.34. The Hall–Kier alpha value is -3.95. The van der Waals surface area contributed by atoms with Gasteiger partial charge < -0.3 is 0 Å². The zero-order valence-corrected chi connectivity index (χ0v) is 31.1. The molecule has 248 valence electrons. The Morgan fingerprint density at radius 3 is 0.622 bits per heavy atom. The molecule has 3 heteroatoms. The molecule has 0 bridgehead atoms. The second-order valence-electron chi connectivity index (χ2n) is 7.02. The van der Waals surface area contributed by atoms with Crippen molar-refractivity contribution < 1.29 is 8.42 Å². The van der Waals surface area contributed by atoms with Crippen molar-refractivity contribution in [2.75, 3.05) is 0 Å². The second kappa shape index (κ2) is 38.1. The molecule has 45 heavy (non-hydrogen) atoms. The van der Waals surface area contributed by atoms with Gasteiger partial charge in [0.1, 0.15) is 0 Å². The van der Waals surface area contributed by atoms with Gasteiger partial charge in [-0.1, -0.05) is 217 Å². The number of sulfone groups is 1. The molecular weight excluding hydrogens is 569 g/mol. The average molecular weight is 631 g/mol. The van der Waals surface area contributed by atoms with Gasteiger partial charge in [-0.05, 0) is 35.4 Å². The normalized spacial score (nSPS) is 8.18. The fourth-order valence-corrected chi connectivity index (χ4v) is 4.28. The lowest BCUT2D eigenvalue weighted by atomic mass is 10.1. The first-order valence-electron chi connectivity index (χ1n) is 16.6. The van der Waals surface area contributed by atoms with E-state index < -0.39 is 9.84 Å². The predicted octanol–water partition coefficient (Wildman–Crippen LogP) is 13.7. The van der Waals surface area contributed by atoms with Crippen LogP contribution in [0.1, 0.15) is 83.1 Å². The Morgan fingerprint density at radius 2 is 0.422 bits per heavy atom. The van der Waals surface area contributed by atoms with Crippen molar-refractivity contribution in [3.63, 3.8) is 0 Å². The molecule has 0 amide bonds. The van der Waals surface area contributed by atoms with E-state index in [1.807, 2.05) is 132 Å². The third-order valence-electron chi connectivity index (χ3n) is 4.65. The molecule has 5 aromatic carbocycles. The van der Waals surface area contributed by atoms with Gasteiger partial charge in [0.2, 0.25) is 9.84 Å². The van der Waals surface area contributed by atoms with E-state index >= 15 is 0 Å². The van der Waals surface area contributed by atoms with Crippen LogP contribution in [0.5, 0.6) is 0 Å². The predicted molar refractivity (Wildman–Crippen MR) is 205 cm³/mol. The minimum absolute atomic E-state index is 0.330. The zero-order chi connectivity index (χ0) is 35.2. The molecule has 0 saturated heterocycles. The summed E-state index contributed by atoms with van der Waals surface area (Å²) >= 11 is 0. The van der Waals surface area contributed by atoms with Gasteiger partial charge in [-0.2, -0.15) is 0 Å². The number of rotatable bonds is 3. The van der Waals surface area contributed by atoms with Crippen molar-refractivity contribution >= 4 is 9.84 Å². The molecule has 0 aliphatic heterocycles. The molecular formula is C42H62O2S. The standard InChI is InChI=1S/C12H10O2S.C12H10.C6H6.6C2H6/c13-15(14,11-7-3-1-4-8-11)12-9-5-2-6-10-12;1-3-7-11(8-4-1)12-9-5-2-6-10-12;1-2-4-6-5-3-1;6*1-2/h1-10H;1-10H;1-6H;6*1-2H3. The molecule has 0 aliphatic carbocycles. The largest absolute Gasteiger partial charge is 0.219 e. The smallest absolute Gasteiger partial charge is 0.206 e. The summed E-state index contributed by atoms with van der Waals surface area (Å²) in [5.74, 6) is 0. The first-order valence-corrected chi connectivity index (χ1v) is 18.1. The van der Waals surface area contributed by atoms with Crippen molar-refractivity contribution in [1.29, 1.82) is 0 Å².